The first-order chi connectivity index (χ1) is 8.69. The molecule has 0 saturated heterocycles. The largest absolute Gasteiger partial charge is 0.497 e. The van der Waals surface area contributed by atoms with Crippen molar-refractivity contribution in [1.29, 1.82) is 0 Å². The van der Waals surface area contributed by atoms with Gasteiger partial charge in [0.2, 0.25) is 0 Å². The first kappa shape index (κ1) is 14.9. The summed E-state index contributed by atoms with van der Waals surface area (Å²) in [6.45, 7) is 1.55. The molecule has 0 heterocycles. The van der Waals surface area contributed by atoms with Gasteiger partial charge in [-0.2, -0.15) is 0 Å². The molecule has 5 heteroatoms. The summed E-state index contributed by atoms with van der Waals surface area (Å²) in [5, 5.41) is 0. The second-order valence-electron chi connectivity index (χ2n) is 3.89. The van der Waals surface area contributed by atoms with Gasteiger partial charge >= 0.3 is 0 Å². The highest BCUT2D eigenvalue weighted by Crippen LogP contribution is 2.22. The quantitative estimate of drug-likeness (QED) is 0.722. The van der Waals surface area contributed by atoms with E-state index in [0.29, 0.717) is 37.6 Å². The average molecular weight is 257 g/mol. The number of nitrogens with two attached hydrogens (primary N) is 1. The molecule has 18 heavy (non-hydrogen) atoms. The fourth-order valence-electron chi connectivity index (χ4n) is 1.55. The third-order valence-electron chi connectivity index (χ3n) is 2.61. The molecular weight excluding hydrogens is 237 g/mol. The fraction of sp³-hybridized carbons (Fsp3) is 0.538. The number of halogens is 1. The monoisotopic (exact) mass is 257 g/mol. The maximum Gasteiger partial charge on any atom is 0.131 e. The van der Waals surface area contributed by atoms with Gasteiger partial charge in [-0.25, -0.2) is 4.39 Å². The van der Waals surface area contributed by atoms with E-state index in [4.69, 9.17) is 19.9 Å². The number of rotatable bonds is 8. The van der Waals surface area contributed by atoms with Crippen LogP contribution >= 0.6 is 0 Å². The molecule has 0 bridgehead atoms. The van der Waals surface area contributed by atoms with Gasteiger partial charge in [0, 0.05) is 31.4 Å². The van der Waals surface area contributed by atoms with Crippen LogP contribution in [0, 0.1) is 5.82 Å². The van der Waals surface area contributed by atoms with Crippen molar-refractivity contribution in [1.82, 2.24) is 0 Å². The third-order valence-corrected chi connectivity index (χ3v) is 2.61. The Morgan fingerprint density at radius 3 is 2.61 bits per heavy atom. The van der Waals surface area contributed by atoms with Crippen LogP contribution in [-0.2, 0) is 9.47 Å². The molecule has 102 valence electrons. The van der Waals surface area contributed by atoms with E-state index >= 15 is 0 Å². The second kappa shape index (κ2) is 8.02. The van der Waals surface area contributed by atoms with Crippen molar-refractivity contribution >= 4 is 0 Å². The number of ether oxygens (including phenoxy) is 3. The molecule has 0 aliphatic carbocycles. The zero-order valence-electron chi connectivity index (χ0n) is 10.8. The molecule has 1 aromatic carbocycles. The van der Waals surface area contributed by atoms with Gasteiger partial charge in [-0.3, -0.25) is 0 Å². The number of hydrogen-bond acceptors (Lipinski definition) is 4. The van der Waals surface area contributed by atoms with Crippen LogP contribution in [0.2, 0.25) is 0 Å². The van der Waals surface area contributed by atoms with Crippen molar-refractivity contribution in [2.75, 3.05) is 34.0 Å². The minimum Gasteiger partial charge on any atom is -0.497 e. The summed E-state index contributed by atoms with van der Waals surface area (Å²) in [5.74, 6) is 0.138. The van der Waals surface area contributed by atoms with E-state index in [2.05, 4.69) is 0 Å². The first-order valence-electron chi connectivity index (χ1n) is 5.84. The lowest BCUT2D eigenvalue weighted by Gasteiger charge is -2.13. The van der Waals surface area contributed by atoms with Crippen molar-refractivity contribution < 1.29 is 18.6 Å². The molecule has 1 unspecified atom stereocenters. The van der Waals surface area contributed by atoms with Crippen LogP contribution in [0.4, 0.5) is 4.39 Å². The normalized spacial score (nSPS) is 12.4. The van der Waals surface area contributed by atoms with Crippen molar-refractivity contribution in [3.05, 3.63) is 29.6 Å². The zero-order valence-corrected chi connectivity index (χ0v) is 10.8. The van der Waals surface area contributed by atoms with Crippen LogP contribution in [0.25, 0.3) is 0 Å². The number of benzene rings is 1. The van der Waals surface area contributed by atoms with Gasteiger partial charge in [0.25, 0.3) is 0 Å². The topological polar surface area (TPSA) is 53.7 Å². The Bertz CT molecular complexity index is 360. The Kier molecular flexibility index (Phi) is 6.64. The summed E-state index contributed by atoms with van der Waals surface area (Å²) < 4.78 is 28.8. The molecule has 0 amide bonds. The highest BCUT2D eigenvalue weighted by molar-refractivity contribution is 5.30. The van der Waals surface area contributed by atoms with E-state index in [1.807, 2.05) is 0 Å². The average Bonchev–Trinajstić information content (AvgIpc) is 2.38. The molecule has 2 N–H and O–H groups in total. The van der Waals surface area contributed by atoms with E-state index in [1.165, 1.54) is 13.2 Å². The molecule has 0 aliphatic rings. The fourth-order valence-corrected chi connectivity index (χ4v) is 1.55. The smallest absolute Gasteiger partial charge is 0.131 e. The highest BCUT2D eigenvalue weighted by atomic mass is 19.1. The Balaban J connectivity index is 2.43. The molecule has 1 aromatic rings. The van der Waals surface area contributed by atoms with E-state index in [9.17, 15) is 4.39 Å². The van der Waals surface area contributed by atoms with Gasteiger partial charge in [0.15, 0.2) is 0 Å². The second-order valence-corrected chi connectivity index (χ2v) is 3.89. The Morgan fingerprint density at radius 2 is 2.00 bits per heavy atom. The van der Waals surface area contributed by atoms with E-state index in [1.54, 1.807) is 19.2 Å². The number of methoxy groups -OCH3 is 2. The SMILES string of the molecule is COCCOCCC(N)c1ccc(OC)cc1F. The molecule has 0 spiro atoms. The summed E-state index contributed by atoms with van der Waals surface area (Å²) in [6, 6.07) is 4.30. The predicted molar refractivity (Wildman–Crippen MR) is 67.2 cm³/mol. The molecule has 4 nitrogen and oxygen atoms in total. The maximum atomic E-state index is 13.7. The van der Waals surface area contributed by atoms with Gasteiger partial charge in [-0.1, -0.05) is 6.07 Å². The Morgan fingerprint density at radius 1 is 1.22 bits per heavy atom. The molecule has 0 aliphatic heterocycles. The Hall–Kier alpha value is -1.17. The van der Waals surface area contributed by atoms with Crippen LogP contribution in [0.3, 0.4) is 0 Å². The molecule has 0 saturated carbocycles. The lowest BCUT2D eigenvalue weighted by molar-refractivity contribution is 0.0671. The van der Waals surface area contributed by atoms with Crippen molar-refractivity contribution in [2.24, 2.45) is 5.73 Å². The van der Waals surface area contributed by atoms with E-state index in [0.717, 1.165) is 0 Å². The van der Waals surface area contributed by atoms with Crippen LogP contribution in [0.1, 0.15) is 18.0 Å². The summed E-state index contributed by atoms with van der Waals surface area (Å²) in [4.78, 5) is 0. The number of hydrogen-bond donors (Lipinski definition) is 1. The summed E-state index contributed by atoms with van der Waals surface area (Å²) in [7, 11) is 3.11. The summed E-state index contributed by atoms with van der Waals surface area (Å²) >= 11 is 0. The zero-order chi connectivity index (χ0) is 13.4. The maximum absolute atomic E-state index is 13.7. The standard InChI is InChI=1S/C13H20FNO3/c1-16-7-8-18-6-5-13(15)11-4-3-10(17-2)9-12(11)14/h3-4,9,13H,5-8,15H2,1-2H3. The lowest BCUT2D eigenvalue weighted by Crippen LogP contribution is -2.15. The molecule has 0 aromatic heterocycles. The van der Waals surface area contributed by atoms with E-state index < -0.39 is 0 Å². The van der Waals surface area contributed by atoms with Crippen molar-refractivity contribution in [3.63, 3.8) is 0 Å². The van der Waals surface area contributed by atoms with Gasteiger partial charge in [-0.15, -0.1) is 0 Å². The molecule has 0 radical (unpaired) electrons. The van der Waals surface area contributed by atoms with Crippen LogP contribution < -0.4 is 10.5 Å². The molecular formula is C13H20FNO3. The van der Waals surface area contributed by atoms with Gasteiger partial charge in [0.1, 0.15) is 11.6 Å². The van der Waals surface area contributed by atoms with Crippen LogP contribution in [0.5, 0.6) is 5.75 Å². The Labute approximate surface area is 107 Å². The van der Waals surface area contributed by atoms with Crippen molar-refractivity contribution in [2.45, 2.75) is 12.5 Å². The van der Waals surface area contributed by atoms with Crippen LogP contribution in [0.15, 0.2) is 18.2 Å². The molecule has 0 fully saturated rings. The lowest BCUT2D eigenvalue weighted by atomic mass is 10.0. The van der Waals surface area contributed by atoms with Gasteiger partial charge in [0.05, 0.1) is 20.3 Å². The molecule has 1 rings (SSSR count). The highest BCUT2D eigenvalue weighted by Gasteiger charge is 2.12. The summed E-state index contributed by atoms with van der Waals surface area (Å²) in [5.41, 5.74) is 6.39. The van der Waals surface area contributed by atoms with Crippen molar-refractivity contribution in [3.8, 4) is 5.75 Å². The van der Waals surface area contributed by atoms with E-state index in [-0.39, 0.29) is 11.9 Å². The first-order valence-corrected chi connectivity index (χ1v) is 5.84. The van der Waals surface area contributed by atoms with Gasteiger partial charge < -0.3 is 19.9 Å². The van der Waals surface area contributed by atoms with Gasteiger partial charge in [-0.05, 0) is 12.5 Å². The summed E-state index contributed by atoms with van der Waals surface area (Å²) in [6.07, 6.45) is 0.562. The predicted octanol–water partition coefficient (Wildman–Crippen LogP) is 1.89. The minimum absolute atomic E-state index is 0.348. The third kappa shape index (κ3) is 4.60. The van der Waals surface area contributed by atoms with Crippen LogP contribution in [-0.4, -0.2) is 34.0 Å². The molecule has 1 atom stereocenters. The minimum atomic E-state index is -0.376.